The number of H-pyrrole nitrogens is 1. The van der Waals surface area contributed by atoms with E-state index in [1.807, 2.05) is 24.3 Å². The Morgan fingerprint density at radius 1 is 1.11 bits per heavy atom. The van der Waals surface area contributed by atoms with Crippen LogP contribution in [0.2, 0.25) is 0 Å². The van der Waals surface area contributed by atoms with Crippen molar-refractivity contribution in [2.45, 2.75) is 39.3 Å². The summed E-state index contributed by atoms with van der Waals surface area (Å²) in [4.78, 5) is 59.4. The summed E-state index contributed by atoms with van der Waals surface area (Å²) in [5.41, 5.74) is 2.82. The van der Waals surface area contributed by atoms with Crippen LogP contribution in [0.4, 0.5) is 10.5 Å². The summed E-state index contributed by atoms with van der Waals surface area (Å²) in [6.07, 6.45) is 2.77. The van der Waals surface area contributed by atoms with E-state index in [9.17, 15) is 19.2 Å². The van der Waals surface area contributed by atoms with Gasteiger partial charge in [-0.3, -0.25) is 19.9 Å². The zero-order chi connectivity index (χ0) is 25.1. The number of aromatic amines is 1. The Bertz CT molecular complexity index is 1330. The molecule has 1 saturated heterocycles. The number of esters is 1. The second-order valence-corrected chi connectivity index (χ2v) is 8.60. The molecule has 1 aliphatic rings. The van der Waals surface area contributed by atoms with Crippen LogP contribution in [0.3, 0.4) is 0 Å². The predicted octanol–water partition coefficient (Wildman–Crippen LogP) is 3.31. The Kier molecular flexibility index (Phi) is 6.77. The number of aliphatic imine (C=N–C) groups is 1. The van der Waals surface area contributed by atoms with E-state index < -0.39 is 35.8 Å². The Labute approximate surface area is 202 Å². The number of nitrogens with zero attached hydrogens (tertiary/aromatic N) is 2. The standard InChI is InChI=1S/C26H26N4O5/c1-15(2)35-25(33)21(12-17-13-27-20-10-6-5-9-18(17)20)28-14-19-23(31)29-26(34)30(24(19)32)22-11-7-4-8-16(22)3/h4-11,13-15,19,21,27H,12H2,1-3H3,(H,29,31,34)/t19-,21-/m0/s1. The third-order valence-electron chi connectivity index (χ3n) is 5.69. The maximum atomic E-state index is 13.2. The summed E-state index contributed by atoms with van der Waals surface area (Å²) < 4.78 is 5.38. The molecule has 4 rings (SSSR count). The highest BCUT2D eigenvalue weighted by Crippen LogP contribution is 2.24. The van der Waals surface area contributed by atoms with Crippen LogP contribution in [0.1, 0.15) is 25.0 Å². The van der Waals surface area contributed by atoms with Gasteiger partial charge in [-0.1, -0.05) is 36.4 Å². The number of rotatable bonds is 7. The number of barbiturate groups is 1. The minimum absolute atomic E-state index is 0.203. The minimum Gasteiger partial charge on any atom is -0.461 e. The second-order valence-electron chi connectivity index (χ2n) is 8.60. The van der Waals surface area contributed by atoms with Crippen LogP contribution in [0.15, 0.2) is 59.7 Å². The number of nitrogens with one attached hydrogen (secondary N) is 2. The zero-order valence-corrected chi connectivity index (χ0v) is 19.6. The van der Waals surface area contributed by atoms with Gasteiger partial charge >= 0.3 is 12.0 Å². The van der Waals surface area contributed by atoms with E-state index in [4.69, 9.17) is 4.74 Å². The molecule has 1 aromatic heterocycles. The summed E-state index contributed by atoms with van der Waals surface area (Å²) in [7, 11) is 0. The maximum Gasteiger partial charge on any atom is 0.335 e. The first-order chi connectivity index (χ1) is 16.8. The van der Waals surface area contributed by atoms with Crippen molar-refractivity contribution >= 4 is 46.6 Å². The molecule has 9 nitrogen and oxygen atoms in total. The molecule has 4 amide bonds. The van der Waals surface area contributed by atoms with Crippen LogP contribution in [0.5, 0.6) is 0 Å². The van der Waals surface area contributed by atoms with Crippen molar-refractivity contribution < 1.29 is 23.9 Å². The van der Waals surface area contributed by atoms with Crippen LogP contribution in [0.25, 0.3) is 10.9 Å². The molecule has 9 heteroatoms. The molecule has 35 heavy (non-hydrogen) atoms. The summed E-state index contributed by atoms with van der Waals surface area (Å²) in [6.45, 7) is 5.22. The molecule has 1 fully saturated rings. The fourth-order valence-corrected chi connectivity index (χ4v) is 3.97. The first kappa shape index (κ1) is 23.9. The lowest BCUT2D eigenvalue weighted by molar-refractivity contribution is -0.149. The summed E-state index contributed by atoms with van der Waals surface area (Å²) in [5.74, 6) is -3.47. The molecule has 0 unspecified atom stereocenters. The molecular formula is C26H26N4O5. The third-order valence-corrected chi connectivity index (χ3v) is 5.69. The quantitative estimate of drug-likeness (QED) is 0.309. The first-order valence-electron chi connectivity index (χ1n) is 11.3. The second kappa shape index (κ2) is 9.92. The van der Waals surface area contributed by atoms with E-state index in [0.29, 0.717) is 11.3 Å². The van der Waals surface area contributed by atoms with Crippen molar-refractivity contribution in [1.29, 1.82) is 0 Å². The van der Waals surface area contributed by atoms with Crippen molar-refractivity contribution in [3.8, 4) is 0 Å². The molecule has 3 aromatic rings. The van der Waals surface area contributed by atoms with Crippen molar-refractivity contribution in [3.05, 3.63) is 65.9 Å². The number of anilines is 1. The molecular weight excluding hydrogens is 448 g/mol. The normalized spacial score (nSPS) is 17.3. The smallest absolute Gasteiger partial charge is 0.335 e. The van der Waals surface area contributed by atoms with Crippen molar-refractivity contribution in [2.24, 2.45) is 10.9 Å². The number of hydrogen-bond donors (Lipinski definition) is 2. The van der Waals surface area contributed by atoms with Crippen molar-refractivity contribution in [1.82, 2.24) is 10.3 Å². The van der Waals surface area contributed by atoms with Gasteiger partial charge in [-0.05, 0) is 44.0 Å². The number of benzene rings is 2. The molecule has 0 aliphatic carbocycles. The number of fused-ring (bicyclic) bond motifs is 1. The van der Waals surface area contributed by atoms with E-state index in [-0.39, 0.29) is 12.5 Å². The molecule has 180 valence electrons. The van der Waals surface area contributed by atoms with Crippen LogP contribution in [-0.4, -0.2) is 47.2 Å². The number of hydrogen-bond acceptors (Lipinski definition) is 6. The third kappa shape index (κ3) is 4.98. The summed E-state index contributed by atoms with van der Waals surface area (Å²) in [6, 6.07) is 12.7. The molecule has 2 N–H and O–H groups in total. The largest absolute Gasteiger partial charge is 0.461 e. The monoisotopic (exact) mass is 474 g/mol. The molecule has 2 atom stereocenters. The lowest BCUT2D eigenvalue weighted by atomic mass is 10.0. The Hall–Kier alpha value is -4.27. The van der Waals surface area contributed by atoms with Gasteiger partial charge in [0.1, 0.15) is 0 Å². The number of ether oxygens (including phenoxy) is 1. The van der Waals surface area contributed by atoms with Gasteiger partial charge in [-0.15, -0.1) is 0 Å². The highest BCUT2D eigenvalue weighted by atomic mass is 16.5. The van der Waals surface area contributed by atoms with Crippen molar-refractivity contribution in [2.75, 3.05) is 4.90 Å². The lowest BCUT2D eigenvalue weighted by Crippen LogP contribution is -2.59. The predicted molar refractivity (Wildman–Crippen MR) is 131 cm³/mol. The number of carbonyl (C=O) groups excluding carboxylic acids is 4. The van der Waals surface area contributed by atoms with E-state index in [1.54, 1.807) is 51.2 Å². The van der Waals surface area contributed by atoms with Gasteiger partial charge in [0.25, 0.3) is 5.91 Å². The number of imide groups is 2. The van der Waals surface area contributed by atoms with Gasteiger partial charge in [0.05, 0.1) is 11.8 Å². The molecule has 0 bridgehead atoms. The topological polar surface area (TPSA) is 121 Å². The van der Waals surface area contributed by atoms with Crippen LogP contribution in [-0.2, 0) is 25.5 Å². The number of carbonyl (C=O) groups is 4. The maximum absolute atomic E-state index is 13.2. The Balaban J connectivity index is 1.63. The molecule has 0 saturated carbocycles. The average Bonchev–Trinajstić information content (AvgIpc) is 3.21. The average molecular weight is 475 g/mol. The Morgan fingerprint density at radius 2 is 1.83 bits per heavy atom. The number of urea groups is 1. The van der Waals surface area contributed by atoms with Crippen LogP contribution >= 0.6 is 0 Å². The van der Waals surface area contributed by atoms with Gasteiger partial charge in [-0.25, -0.2) is 14.5 Å². The van der Waals surface area contributed by atoms with Gasteiger partial charge in [0, 0.05) is 29.7 Å². The highest BCUT2D eigenvalue weighted by molar-refractivity contribution is 6.32. The van der Waals surface area contributed by atoms with Gasteiger partial charge in [0.15, 0.2) is 12.0 Å². The molecule has 1 aliphatic heterocycles. The van der Waals surface area contributed by atoms with E-state index in [1.165, 1.54) is 0 Å². The SMILES string of the molecule is Cc1ccccc1N1C(=O)NC(=O)[C@H](C=N[C@@H](Cc2c[nH]c3ccccc23)C(=O)OC(C)C)C1=O. The summed E-state index contributed by atoms with van der Waals surface area (Å²) in [5, 5.41) is 3.14. The van der Waals surface area contributed by atoms with Gasteiger partial charge in [0.2, 0.25) is 5.91 Å². The molecule has 0 spiro atoms. The molecule has 2 aromatic carbocycles. The van der Waals surface area contributed by atoms with Crippen LogP contribution < -0.4 is 10.2 Å². The van der Waals surface area contributed by atoms with Crippen LogP contribution in [0, 0.1) is 12.8 Å². The van der Waals surface area contributed by atoms with E-state index in [2.05, 4.69) is 15.3 Å². The number of amides is 4. The molecule has 2 heterocycles. The Morgan fingerprint density at radius 3 is 2.57 bits per heavy atom. The minimum atomic E-state index is -1.37. The molecule has 0 radical (unpaired) electrons. The van der Waals surface area contributed by atoms with Crippen molar-refractivity contribution in [3.63, 3.8) is 0 Å². The number of para-hydroxylation sites is 2. The lowest BCUT2D eigenvalue weighted by Gasteiger charge is -2.29. The number of aromatic nitrogens is 1. The highest BCUT2D eigenvalue weighted by Gasteiger charge is 2.41. The van der Waals surface area contributed by atoms with E-state index >= 15 is 0 Å². The van der Waals surface area contributed by atoms with Gasteiger partial charge < -0.3 is 9.72 Å². The van der Waals surface area contributed by atoms with E-state index in [0.717, 1.165) is 27.6 Å². The zero-order valence-electron chi connectivity index (χ0n) is 19.6. The fraction of sp³-hybridized carbons (Fsp3) is 0.269. The van der Waals surface area contributed by atoms with Gasteiger partial charge in [-0.2, -0.15) is 0 Å². The number of aryl methyl sites for hydroxylation is 1. The summed E-state index contributed by atoms with van der Waals surface area (Å²) >= 11 is 0. The fourth-order valence-electron chi connectivity index (χ4n) is 3.97. The first-order valence-corrected chi connectivity index (χ1v) is 11.3.